The molecule has 0 spiro atoms. The van der Waals surface area contributed by atoms with E-state index in [2.05, 4.69) is 13.5 Å². The number of hydrogen-bond acceptors (Lipinski definition) is 3. The second-order valence-corrected chi connectivity index (χ2v) is 5.52. The van der Waals surface area contributed by atoms with Crippen LogP contribution >= 0.6 is 11.8 Å². The summed E-state index contributed by atoms with van der Waals surface area (Å²) in [6.45, 7) is 8.26. The van der Waals surface area contributed by atoms with Crippen LogP contribution in [0.25, 0.3) is 0 Å². The molecule has 90 valence electrons. The number of carbonyl (C=O) groups is 2. The third kappa shape index (κ3) is 4.00. The van der Waals surface area contributed by atoms with E-state index < -0.39 is 0 Å². The van der Waals surface area contributed by atoms with Crippen molar-refractivity contribution in [3.05, 3.63) is 12.2 Å². The zero-order chi connectivity index (χ0) is 12.1. The SMILES string of the molecule is C=C(CCSC(C)=O)CN1C(=O)CCC1C. The summed E-state index contributed by atoms with van der Waals surface area (Å²) in [6.07, 6.45) is 2.42. The lowest BCUT2D eigenvalue weighted by atomic mass is 10.2. The molecule has 1 unspecified atom stereocenters. The van der Waals surface area contributed by atoms with Crippen LogP contribution in [0.3, 0.4) is 0 Å². The summed E-state index contributed by atoms with van der Waals surface area (Å²) in [7, 11) is 0. The summed E-state index contributed by atoms with van der Waals surface area (Å²) in [6, 6.07) is 0.338. The molecule has 1 amide bonds. The van der Waals surface area contributed by atoms with Crippen molar-refractivity contribution >= 4 is 22.8 Å². The second kappa shape index (κ2) is 6.09. The Labute approximate surface area is 101 Å². The van der Waals surface area contributed by atoms with Crippen LogP contribution in [-0.4, -0.2) is 34.3 Å². The highest BCUT2D eigenvalue weighted by atomic mass is 32.2. The first kappa shape index (κ1) is 13.3. The van der Waals surface area contributed by atoms with E-state index in [-0.39, 0.29) is 11.0 Å². The highest BCUT2D eigenvalue weighted by Gasteiger charge is 2.27. The van der Waals surface area contributed by atoms with Crippen molar-refractivity contribution in [3.63, 3.8) is 0 Å². The molecule has 1 heterocycles. The highest BCUT2D eigenvalue weighted by Crippen LogP contribution is 2.20. The van der Waals surface area contributed by atoms with Crippen molar-refractivity contribution in [2.75, 3.05) is 12.3 Å². The zero-order valence-corrected chi connectivity index (χ0v) is 10.8. The summed E-state index contributed by atoms with van der Waals surface area (Å²) in [5.41, 5.74) is 1.04. The quantitative estimate of drug-likeness (QED) is 0.693. The third-order valence-corrected chi connectivity index (χ3v) is 3.60. The van der Waals surface area contributed by atoms with E-state index in [1.165, 1.54) is 11.8 Å². The van der Waals surface area contributed by atoms with Crippen LogP contribution in [0.1, 0.15) is 33.1 Å². The van der Waals surface area contributed by atoms with Gasteiger partial charge in [-0.25, -0.2) is 0 Å². The summed E-state index contributed by atoms with van der Waals surface area (Å²) >= 11 is 1.32. The highest BCUT2D eigenvalue weighted by molar-refractivity contribution is 8.13. The lowest BCUT2D eigenvalue weighted by Crippen LogP contribution is -2.32. The Bertz CT molecular complexity index is 301. The minimum atomic E-state index is 0.137. The zero-order valence-electron chi connectivity index (χ0n) is 9.99. The molecule has 1 atom stereocenters. The van der Waals surface area contributed by atoms with Crippen molar-refractivity contribution in [2.45, 2.75) is 39.2 Å². The van der Waals surface area contributed by atoms with Gasteiger partial charge in [0.2, 0.25) is 5.91 Å². The maximum Gasteiger partial charge on any atom is 0.223 e. The first-order chi connectivity index (χ1) is 7.50. The first-order valence-corrected chi connectivity index (χ1v) is 6.58. The van der Waals surface area contributed by atoms with E-state index in [1.54, 1.807) is 6.92 Å². The van der Waals surface area contributed by atoms with E-state index in [0.717, 1.165) is 24.2 Å². The lowest BCUT2D eigenvalue weighted by Gasteiger charge is -2.22. The molecule has 1 aliphatic rings. The Morgan fingerprint density at radius 3 is 2.81 bits per heavy atom. The van der Waals surface area contributed by atoms with Crippen LogP contribution in [0.5, 0.6) is 0 Å². The van der Waals surface area contributed by atoms with Gasteiger partial charge in [0.15, 0.2) is 5.12 Å². The minimum Gasteiger partial charge on any atom is -0.336 e. The Hall–Kier alpha value is -0.770. The van der Waals surface area contributed by atoms with E-state index in [0.29, 0.717) is 19.0 Å². The molecule has 1 fully saturated rings. The fourth-order valence-electron chi connectivity index (χ4n) is 1.78. The van der Waals surface area contributed by atoms with E-state index in [4.69, 9.17) is 0 Å². The van der Waals surface area contributed by atoms with E-state index >= 15 is 0 Å². The Morgan fingerprint density at radius 2 is 2.31 bits per heavy atom. The Morgan fingerprint density at radius 1 is 1.62 bits per heavy atom. The standard InChI is InChI=1S/C12H19NO2S/c1-9(6-7-16-11(3)14)8-13-10(2)4-5-12(13)15/h10H,1,4-8H2,2-3H3. The van der Waals surface area contributed by atoms with E-state index in [9.17, 15) is 9.59 Å². The molecule has 1 rings (SSSR count). The van der Waals surface area contributed by atoms with Crippen LogP contribution in [0.4, 0.5) is 0 Å². The van der Waals surface area contributed by atoms with Crippen LogP contribution in [0, 0.1) is 0 Å². The Kier molecular flexibility index (Phi) is 5.06. The van der Waals surface area contributed by atoms with Crippen molar-refractivity contribution < 1.29 is 9.59 Å². The summed E-state index contributed by atoms with van der Waals surface area (Å²) in [5, 5.41) is 0.137. The number of hydrogen-bond donors (Lipinski definition) is 0. The van der Waals surface area contributed by atoms with Gasteiger partial charge in [-0.05, 0) is 19.8 Å². The number of carbonyl (C=O) groups excluding carboxylic acids is 2. The molecule has 0 N–H and O–H groups in total. The molecule has 0 saturated carbocycles. The summed E-state index contributed by atoms with van der Waals surface area (Å²) in [5.74, 6) is 0.998. The van der Waals surface area contributed by atoms with Crippen LogP contribution < -0.4 is 0 Å². The Balaban J connectivity index is 2.28. The predicted molar refractivity (Wildman–Crippen MR) is 67.3 cm³/mol. The van der Waals surface area contributed by atoms with Crippen molar-refractivity contribution in [3.8, 4) is 0 Å². The van der Waals surface area contributed by atoms with Crippen molar-refractivity contribution in [1.29, 1.82) is 0 Å². The van der Waals surface area contributed by atoms with Crippen molar-refractivity contribution in [1.82, 2.24) is 4.90 Å². The average Bonchev–Trinajstić information content (AvgIpc) is 2.49. The van der Waals surface area contributed by atoms with Gasteiger partial charge in [-0.1, -0.05) is 23.9 Å². The minimum absolute atomic E-state index is 0.137. The molecule has 0 aromatic carbocycles. The van der Waals surface area contributed by atoms with Gasteiger partial charge in [0.05, 0.1) is 0 Å². The third-order valence-electron chi connectivity index (χ3n) is 2.78. The second-order valence-electron chi connectivity index (χ2n) is 4.25. The number of rotatable bonds is 5. The normalized spacial score (nSPS) is 20.2. The van der Waals surface area contributed by atoms with Crippen LogP contribution in [0.2, 0.25) is 0 Å². The maximum atomic E-state index is 11.5. The number of thioether (sulfide) groups is 1. The molecular formula is C12H19NO2S. The monoisotopic (exact) mass is 241 g/mol. The van der Waals surface area contributed by atoms with Gasteiger partial charge in [0, 0.05) is 31.7 Å². The maximum absolute atomic E-state index is 11.5. The number of likely N-dealkylation sites (tertiary alicyclic amines) is 1. The number of nitrogens with zero attached hydrogens (tertiary/aromatic N) is 1. The molecule has 1 aliphatic heterocycles. The summed E-state index contributed by atoms with van der Waals surface area (Å²) in [4.78, 5) is 24.2. The van der Waals surface area contributed by atoms with Gasteiger partial charge in [0.25, 0.3) is 0 Å². The van der Waals surface area contributed by atoms with Gasteiger partial charge in [-0.15, -0.1) is 0 Å². The molecule has 16 heavy (non-hydrogen) atoms. The van der Waals surface area contributed by atoms with Gasteiger partial charge >= 0.3 is 0 Å². The van der Waals surface area contributed by atoms with E-state index in [1.807, 2.05) is 4.90 Å². The molecule has 0 bridgehead atoms. The van der Waals surface area contributed by atoms with Gasteiger partial charge < -0.3 is 4.90 Å². The molecular weight excluding hydrogens is 222 g/mol. The summed E-state index contributed by atoms with van der Waals surface area (Å²) < 4.78 is 0. The largest absolute Gasteiger partial charge is 0.336 e. The molecule has 4 heteroatoms. The van der Waals surface area contributed by atoms with Gasteiger partial charge in [0.1, 0.15) is 0 Å². The molecule has 0 aromatic heterocycles. The number of amides is 1. The molecule has 1 saturated heterocycles. The predicted octanol–water partition coefficient (Wildman–Crippen LogP) is 2.22. The molecule has 0 aliphatic carbocycles. The molecule has 0 radical (unpaired) electrons. The smallest absolute Gasteiger partial charge is 0.223 e. The molecule has 0 aromatic rings. The average molecular weight is 241 g/mol. The van der Waals surface area contributed by atoms with Crippen LogP contribution in [0.15, 0.2) is 12.2 Å². The van der Waals surface area contributed by atoms with Gasteiger partial charge in [-0.3, -0.25) is 9.59 Å². The lowest BCUT2D eigenvalue weighted by molar-refractivity contribution is -0.128. The molecule has 3 nitrogen and oxygen atoms in total. The van der Waals surface area contributed by atoms with Crippen molar-refractivity contribution in [2.24, 2.45) is 0 Å². The topological polar surface area (TPSA) is 37.4 Å². The van der Waals surface area contributed by atoms with Gasteiger partial charge in [-0.2, -0.15) is 0 Å². The fraction of sp³-hybridized carbons (Fsp3) is 0.667. The first-order valence-electron chi connectivity index (χ1n) is 5.60. The fourth-order valence-corrected chi connectivity index (χ4v) is 2.46. The van der Waals surface area contributed by atoms with Crippen LogP contribution in [-0.2, 0) is 9.59 Å².